The highest BCUT2D eigenvalue weighted by Crippen LogP contribution is 2.28. The lowest BCUT2D eigenvalue weighted by molar-refractivity contribution is -0.0197. The molecule has 2 aliphatic heterocycles. The molecule has 1 fully saturated rings. The van der Waals surface area contributed by atoms with Gasteiger partial charge in [-0.3, -0.25) is 9.78 Å². The van der Waals surface area contributed by atoms with Gasteiger partial charge in [-0.15, -0.1) is 0 Å². The Morgan fingerprint density at radius 2 is 2.12 bits per heavy atom. The molecule has 4 rings (SSSR count). The number of hydrogen-bond donors (Lipinski definition) is 2. The minimum Gasteiger partial charge on any atom is -0.378 e. The zero-order chi connectivity index (χ0) is 24.1. The summed E-state index contributed by atoms with van der Waals surface area (Å²) in [7, 11) is 1.55. The molecule has 4 heterocycles. The zero-order valence-corrected chi connectivity index (χ0v) is 18.3. The smallest absolute Gasteiger partial charge is 0.338 e. The van der Waals surface area contributed by atoms with Crippen molar-refractivity contribution < 1.29 is 18.7 Å². The van der Waals surface area contributed by atoms with Gasteiger partial charge in [0.25, 0.3) is 5.91 Å². The van der Waals surface area contributed by atoms with Crippen molar-refractivity contribution in [2.45, 2.75) is 18.6 Å². The molecule has 0 aromatic carbocycles. The highest BCUT2D eigenvalue weighted by atomic mass is 19.1. The first-order valence-electron chi connectivity index (χ1n) is 10.5. The number of rotatable bonds is 7. The molecule has 34 heavy (non-hydrogen) atoms. The van der Waals surface area contributed by atoms with Crippen molar-refractivity contribution in [3.05, 3.63) is 47.3 Å². The van der Waals surface area contributed by atoms with Gasteiger partial charge in [-0.1, -0.05) is 0 Å². The molecule has 0 spiro atoms. The van der Waals surface area contributed by atoms with E-state index in [1.54, 1.807) is 25.6 Å². The van der Waals surface area contributed by atoms with Crippen LogP contribution in [0.2, 0.25) is 0 Å². The number of urea groups is 1. The summed E-state index contributed by atoms with van der Waals surface area (Å²) < 4.78 is 19.2. The lowest BCUT2D eigenvalue weighted by Gasteiger charge is -2.37. The van der Waals surface area contributed by atoms with Gasteiger partial charge in [0.2, 0.25) is 5.95 Å². The lowest BCUT2D eigenvalue weighted by atomic mass is 10.1. The number of carbonyl (C=O) groups is 2. The van der Waals surface area contributed by atoms with Crippen LogP contribution < -0.4 is 10.6 Å². The predicted octanol–water partition coefficient (Wildman–Crippen LogP) is 0.907. The molecule has 0 saturated carbocycles. The summed E-state index contributed by atoms with van der Waals surface area (Å²) >= 11 is 0. The summed E-state index contributed by atoms with van der Waals surface area (Å²) in [6.07, 6.45) is 6.06. The fraction of sp³-hybridized carbons (Fsp3) is 0.381. The van der Waals surface area contributed by atoms with Gasteiger partial charge in [0.1, 0.15) is 6.07 Å². The van der Waals surface area contributed by atoms with E-state index in [2.05, 4.69) is 30.7 Å². The molecule has 2 aromatic rings. The number of aromatic nitrogens is 3. The zero-order valence-electron chi connectivity index (χ0n) is 18.3. The molecule has 2 aliphatic rings. The second-order valence-electron chi connectivity index (χ2n) is 7.63. The largest absolute Gasteiger partial charge is 0.378 e. The SMILES string of the molecule is COC1CN(C(=O)c2nc(NCCNC(=O)N3N=CC[C@H]3c3cncc(C#N)c3)ncc2F)C1. The Balaban J connectivity index is 1.28. The molecule has 1 atom stereocenters. The monoisotopic (exact) mass is 467 g/mol. The molecule has 3 amide bonds. The highest BCUT2D eigenvalue weighted by Gasteiger charge is 2.33. The van der Waals surface area contributed by atoms with Crippen LogP contribution in [0, 0.1) is 17.1 Å². The van der Waals surface area contributed by atoms with Crippen molar-refractivity contribution in [2.24, 2.45) is 5.10 Å². The van der Waals surface area contributed by atoms with E-state index in [1.165, 1.54) is 16.1 Å². The number of pyridine rings is 1. The molecular formula is C21H22FN9O3. The minimum absolute atomic E-state index is 0.0545. The van der Waals surface area contributed by atoms with Gasteiger partial charge in [0.05, 0.1) is 23.9 Å². The van der Waals surface area contributed by atoms with E-state index in [0.29, 0.717) is 30.6 Å². The number of nitriles is 1. The number of carbonyl (C=O) groups excluding carboxylic acids is 2. The van der Waals surface area contributed by atoms with Crippen molar-refractivity contribution in [2.75, 3.05) is 38.6 Å². The molecule has 0 aliphatic carbocycles. The normalized spacial score (nSPS) is 17.3. The third kappa shape index (κ3) is 4.91. The average Bonchev–Trinajstić information content (AvgIpc) is 3.32. The van der Waals surface area contributed by atoms with Crippen molar-refractivity contribution in [3.8, 4) is 6.07 Å². The first-order chi connectivity index (χ1) is 16.5. The third-order valence-corrected chi connectivity index (χ3v) is 5.41. The van der Waals surface area contributed by atoms with Gasteiger partial charge in [0.15, 0.2) is 11.5 Å². The maximum absolute atomic E-state index is 14.1. The Labute approximate surface area is 194 Å². The fourth-order valence-corrected chi connectivity index (χ4v) is 3.52. The molecule has 0 unspecified atom stereocenters. The van der Waals surface area contributed by atoms with Crippen LogP contribution in [0.15, 0.2) is 29.8 Å². The van der Waals surface area contributed by atoms with Crippen LogP contribution >= 0.6 is 0 Å². The number of anilines is 1. The standard InChI is InChI=1S/C21H22FN9O3/c1-34-15-11-30(12-15)19(32)18-16(22)10-27-20(29-18)25-4-5-26-21(33)31-17(2-3-28-31)14-6-13(7-23)8-24-9-14/h3,6,8-10,15,17H,2,4-5,11-12H2,1H3,(H,26,33)(H,25,27,29)/t17-/m0/s1. The Morgan fingerprint density at radius 3 is 2.88 bits per heavy atom. The van der Waals surface area contributed by atoms with Crippen LogP contribution in [0.3, 0.4) is 0 Å². The second-order valence-corrected chi connectivity index (χ2v) is 7.63. The molecule has 2 aromatic heterocycles. The van der Waals surface area contributed by atoms with Crippen molar-refractivity contribution in [1.82, 2.24) is 30.2 Å². The van der Waals surface area contributed by atoms with E-state index in [-0.39, 0.29) is 36.9 Å². The van der Waals surface area contributed by atoms with Gasteiger partial charge in [-0.2, -0.15) is 10.4 Å². The summed E-state index contributed by atoms with van der Waals surface area (Å²) in [5.74, 6) is -1.27. The van der Waals surface area contributed by atoms with Crippen LogP contribution in [-0.4, -0.2) is 82.4 Å². The van der Waals surface area contributed by atoms with Crippen LogP contribution in [0.5, 0.6) is 0 Å². The van der Waals surface area contributed by atoms with Gasteiger partial charge >= 0.3 is 6.03 Å². The number of amides is 3. The van der Waals surface area contributed by atoms with E-state index in [1.807, 2.05) is 6.07 Å². The summed E-state index contributed by atoms with van der Waals surface area (Å²) in [4.78, 5) is 38.3. The van der Waals surface area contributed by atoms with Crippen molar-refractivity contribution >= 4 is 24.1 Å². The molecule has 13 heteroatoms. The number of ether oxygens (including phenoxy) is 1. The minimum atomic E-state index is -0.808. The summed E-state index contributed by atoms with van der Waals surface area (Å²) in [5, 5.41) is 20.1. The Morgan fingerprint density at radius 1 is 1.29 bits per heavy atom. The van der Waals surface area contributed by atoms with E-state index in [4.69, 9.17) is 10.00 Å². The topological polar surface area (TPSA) is 149 Å². The third-order valence-electron chi connectivity index (χ3n) is 5.41. The molecule has 0 bridgehead atoms. The lowest BCUT2D eigenvalue weighted by Crippen LogP contribution is -2.54. The van der Waals surface area contributed by atoms with E-state index in [9.17, 15) is 14.0 Å². The first-order valence-corrected chi connectivity index (χ1v) is 10.5. The Hall–Kier alpha value is -4.18. The van der Waals surface area contributed by atoms with Gasteiger partial charge in [-0.25, -0.2) is 24.2 Å². The van der Waals surface area contributed by atoms with Crippen LogP contribution in [0.4, 0.5) is 15.1 Å². The summed E-state index contributed by atoms with van der Waals surface area (Å²) in [6.45, 7) is 1.18. The van der Waals surface area contributed by atoms with Gasteiger partial charge < -0.3 is 20.3 Å². The predicted molar refractivity (Wildman–Crippen MR) is 117 cm³/mol. The second kappa shape index (κ2) is 10.2. The summed E-state index contributed by atoms with van der Waals surface area (Å²) in [6, 6.07) is 2.92. The number of nitrogens with one attached hydrogen (secondary N) is 2. The van der Waals surface area contributed by atoms with E-state index >= 15 is 0 Å². The molecule has 2 N–H and O–H groups in total. The molecular weight excluding hydrogens is 445 g/mol. The molecule has 176 valence electrons. The number of hydrazone groups is 1. The van der Waals surface area contributed by atoms with E-state index in [0.717, 1.165) is 6.20 Å². The van der Waals surface area contributed by atoms with Crippen LogP contribution in [-0.2, 0) is 4.74 Å². The number of halogens is 1. The Kier molecular flexibility index (Phi) is 6.88. The van der Waals surface area contributed by atoms with E-state index < -0.39 is 17.8 Å². The number of likely N-dealkylation sites (tertiary alicyclic amines) is 1. The highest BCUT2D eigenvalue weighted by molar-refractivity contribution is 5.93. The van der Waals surface area contributed by atoms with Crippen molar-refractivity contribution in [1.29, 1.82) is 5.26 Å². The average molecular weight is 467 g/mol. The quantitative estimate of drug-likeness (QED) is 0.571. The Bertz CT molecular complexity index is 1150. The molecule has 1 saturated heterocycles. The maximum Gasteiger partial charge on any atom is 0.338 e. The van der Waals surface area contributed by atoms with Crippen LogP contribution in [0.25, 0.3) is 0 Å². The maximum atomic E-state index is 14.1. The number of methoxy groups -OCH3 is 1. The molecule has 12 nitrogen and oxygen atoms in total. The fourth-order valence-electron chi connectivity index (χ4n) is 3.52. The van der Waals surface area contributed by atoms with Crippen molar-refractivity contribution in [3.63, 3.8) is 0 Å². The van der Waals surface area contributed by atoms with Gasteiger partial charge in [-0.05, 0) is 11.6 Å². The first kappa shape index (κ1) is 23.0. The number of nitrogens with zero attached hydrogens (tertiary/aromatic N) is 7. The van der Waals surface area contributed by atoms with Gasteiger partial charge in [0, 0.05) is 58.3 Å². The summed E-state index contributed by atoms with van der Waals surface area (Å²) in [5.41, 5.74) is 0.790. The van der Waals surface area contributed by atoms with Crippen LogP contribution in [0.1, 0.15) is 34.1 Å². The number of hydrogen-bond acceptors (Lipinski definition) is 9. The molecule has 0 radical (unpaired) electrons.